The highest BCUT2D eigenvalue weighted by molar-refractivity contribution is 7.99. The molecule has 2 aromatic carbocycles. The van der Waals surface area contributed by atoms with E-state index in [0.29, 0.717) is 38.2 Å². The number of carbonyl (C=O) groups is 2. The summed E-state index contributed by atoms with van der Waals surface area (Å²) in [5.74, 6) is -0.627. The van der Waals surface area contributed by atoms with E-state index in [4.69, 9.17) is 4.74 Å². The molecule has 1 amide bonds. The Morgan fingerprint density at radius 2 is 1.94 bits per heavy atom. The summed E-state index contributed by atoms with van der Waals surface area (Å²) in [6, 6.07) is 13.1. The van der Waals surface area contributed by atoms with Crippen molar-refractivity contribution in [2.24, 2.45) is 0 Å². The van der Waals surface area contributed by atoms with Crippen molar-refractivity contribution in [1.82, 2.24) is 15.0 Å². The topological polar surface area (TPSA) is 114 Å². The standard InChI is InChI=1S/C25H20N4O4S3/c1-3-33-23(32)15-8-9-17-18(10-15)36-25(26-17)27-19(30)12-35-24-28-21(31)20-16(11-34-22(20)29-24)14-6-4-13(2)5-7-14/h4-11H,3,12H2,1-2H3,(H,26,27,30)(H,28,29,31). The van der Waals surface area contributed by atoms with Crippen LogP contribution in [-0.4, -0.2) is 39.2 Å². The highest BCUT2D eigenvalue weighted by atomic mass is 32.2. The zero-order chi connectivity index (χ0) is 25.2. The highest BCUT2D eigenvalue weighted by Gasteiger charge is 2.15. The molecule has 0 bridgehead atoms. The van der Waals surface area contributed by atoms with Gasteiger partial charge in [0.2, 0.25) is 5.91 Å². The molecule has 3 heterocycles. The van der Waals surface area contributed by atoms with Gasteiger partial charge in [0, 0.05) is 10.9 Å². The van der Waals surface area contributed by atoms with Crippen LogP contribution in [0.2, 0.25) is 0 Å². The molecule has 8 nitrogen and oxygen atoms in total. The van der Waals surface area contributed by atoms with Gasteiger partial charge in [0.25, 0.3) is 5.56 Å². The number of H-pyrrole nitrogens is 1. The van der Waals surface area contributed by atoms with Crippen LogP contribution in [-0.2, 0) is 9.53 Å². The van der Waals surface area contributed by atoms with Crippen molar-refractivity contribution in [2.75, 3.05) is 17.7 Å². The monoisotopic (exact) mass is 536 g/mol. The highest BCUT2D eigenvalue weighted by Crippen LogP contribution is 2.32. The zero-order valence-corrected chi connectivity index (χ0v) is 21.7. The number of thiazole rings is 1. The Kier molecular flexibility index (Phi) is 6.86. The number of nitrogens with zero attached hydrogens (tertiary/aromatic N) is 2. The number of aryl methyl sites for hydroxylation is 1. The summed E-state index contributed by atoms with van der Waals surface area (Å²) in [5.41, 5.74) is 3.84. The average Bonchev–Trinajstić information content (AvgIpc) is 3.47. The second-order valence-electron chi connectivity index (χ2n) is 7.83. The van der Waals surface area contributed by atoms with E-state index in [1.54, 1.807) is 25.1 Å². The Balaban J connectivity index is 1.27. The maximum atomic E-state index is 12.8. The maximum Gasteiger partial charge on any atom is 0.338 e. The van der Waals surface area contributed by atoms with Crippen molar-refractivity contribution < 1.29 is 14.3 Å². The van der Waals surface area contributed by atoms with Crippen LogP contribution in [0.5, 0.6) is 0 Å². The van der Waals surface area contributed by atoms with E-state index in [9.17, 15) is 14.4 Å². The van der Waals surface area contributed by atoms with Gasteiger partial charge >= 0.3 is 5.97 Å². The molecule has 2 N–H and O–H groups in total. The molecule has 11 heteroatoms. The molecular formula is C25H20N4O4S3. The van der Waals surface area contributed by atoms with Crippen LogP contribution < -0.4 is 10.9 Å². The van der Waals surface area contributed by atoms with Crippen molar-refractivity contribution in [1.29, 1.82) is 0 Å². The molecule has 0 saturated heterocycles. The Morgan fingerprint density at radius 1 is 1.14 bits per heavy atom. The third kappa shape index (κ3) is 5.03. The molecule has 0 aliphatic carbocycles. The van der Waals surface area contributed by atoms with Crippen LogP contribution in [0.1, 0.15) is 22.8 Å². The number of hydrogen-bond donors (Lipinski definition) is 2. The number of amides is 1. The van der Waals surface area contributed by atoms with Gasteiger partial charge in [-0.3, -0.25) is 9.59 Å². The molecule has 36 heavy (non-hydrogen) atoms. The minimum atomic E-state index is -0.398. The number of thiophene rings is 1. The second-order valence-corrected chi connectivity index (χ2v) is 10.7. The van der Waals surface area contributed by atoms with Crippen LogP contribution in [0.15, 0.2) is 57.8 Å². The normalized spacial score (nSPS) is 11.2. The number of nitrogens with one attached hydrogen (secondary N) is 2. The molecule has 0 spiro atoms. The lowest BCUT2D eigenvalue weighted by molar-refractivity contribution is -0.113. The van der Waals surface area contributed by atoms with Gasteiger partial charge in [-0.1, -0.05) is 52.9 Å². The predicted molar refractivity (Wildman–Crippen MR) is 145 cm³/mol. The van der Waals surface area contributed by atoms with Gasteiger partial charge in [0.05, 0.1) is 33.5 Å². The number of carbonyl (C=O) groups excluding carboxylic acids is 2. The molecule has 5 rings (SSSR count). The average molecular weight is 537 g/mol. The van der Waals surface area contributed by atoms with E-state index in [1.165, 1.54) is 22.7 Å². The number of benzene rings is 2. The Labute approximate surface area is 217 Å². The van der Waals surface area contributed by atoms with E-state index in [1.807, 2.05) is 36.6 Å². The van der Waals surface area contributed by atoms with Crippen molar-refractivity contribution in [3.8, 4) is 11.1 Å². The first-order valence-electron chi connectivity index (χ1n) is 11.0. The number of rotatable bonds is 7. The second kappa shape index (κ2) is 10.2. The molecule has 0 unspecified atom stereocenters. The smallest absolute Gasteiger partial charge is 0.338 e. The zero-order valence-electron chi connectivity index (χ0n) is 19.3. The molecule has 0 aliphatic heterocycles. The van der Waals surface area contributed by atoms with Gasteiger partial charge in [-0.15, -0.1) is 11.3 Å². The van der Waals surface area contributed by atoms with Crippen LogP contribution in [0.4, 0.5) is 5.13 Å². The number of ether oxygens (including phenoxy) is 1. The van der Waals surface area contributed by atoms with Crippen LogP contribution in [0, 0.1) is 6.92 Å². The first-order valence-corrected chi connectivity index (χ1v) is 13.7. The minimum absolute atomic E-state index is 0.0502. The third-order valence-electron chi connectivity index (χ3n) is 5.27. The maximum absolute atomic E-state index is 12.8. The van der Waals surface area contributed by atoms with Gasteiger partial charge in [-0.25, -0.2) is 14.8 Å². The van der Waals surface area contributed by atoms with Crippen molar-refractivity contribution >= 4 is 71.9 Å². The number of aromatic amines is 1. The summed E-state index contributed by atoms with van der Waals surface area (Å²) in [5, 5.41) is 6.06. The number of anilines is 1. The van der Waals surface area contributed by atoms with Gasteiger partial charge < -0.3 is 15.0 Å². The van der Waals surface area contributed by atoms with Crippen LogP contribution in [0.25, 0.3) is 31.6 Å². The van der Waals surface area contributed by atoms with E-state index >= 15 is 0 Å². The molecule has 0 atom stereocenters. The van der Waals surface area contributed by atoms with E-state index < -0.39 is 5.97 Å². The van der Waals surface area contributed by atoms with Gasteiger partial charge in [-0.05, 0) is 37.6 Å². The van der Waals surface area contributed by atoms with Crippen LogP contribution in [0.3, 0.4) is 0 Å². The number of fused-ring (bicyclic) bond motifs is 2. The molecule has 3 aromatic heterocycles. The fourth-order valence-corrected chi connectivity index (χ4v) is 6.14. The molecular weight excluding hydrogens is 517 g/mol. The first kappa shape index (κ1) is 24.2. The van der Waals surface area contributed by atoms with Gasteiger partial charge in [-0.2, -0.15) is 0 Å². The van der Waals surface area contributed by atoms with E-state index in [2.05, 4.69) is 20.3 Å². The summed E-state index contributed by atoms with van der Waals surface area (Å²) in [4.78, 5) is 49.7. The van der Waals surface area contributed by atoms with Crippen molar-refractivity contribution in [2.45, 2.75) is 19.0 Å². The summed E-state index contributed by atoms with van der Waals surface area (Å²) in [6.45, 7) is 4.06. The lowest BCUT2D eigenvalue weighted by Gasteiger charge is -2.03. The molecule has 5 aromatic rings. The van der Waals surface area contributed by atoms with E-state index in [0.717, 1.165) is 33.2 Å². The summed E-state index contributed by atoms with van der Waals surface area (Å²) < 4.78 is 5.79. The lowest BCUT2D eigenvalue weighted by atomic mass is 10.1. The van der Waals surface area contributed by atoms with Gasteiger partial charge in [0.15, 0.2) is 10.3 Å². The van der Waals surface area contributed by atoms with Crippen LogP contribution >= 0.6 is 34.4 Å². The molecule has 0 aliphatic rings. The quantitative estimate of drug-likeness (QED) is 0.161. The van der Waals surface area contributed by atoms with Crippen molar-refractivity contribution in [3.63, 3.8) is 0 Å². The number of hydrogen-bond acceptors (Lipinski definition) is 9. The lowest BCUT2D eigenvalue weighted by Crippen LogP contribution is -2.15. The Hall–Kier alpha value is -3.54. The fourth-order valence-electron chi connectivity index (χ4n) is 3.55. The fraction of sp³-hybridized carbons (Fsp3) is 0.160. The number of aromatic nitrogens is 3. The molecule has 0 fully saturated rings. The number of esters is 1. The first-order chi connectivity index (χ1) is 17.4. The summed E-state index contributed by atoms with van der Waals surface area (Å²) in [6.07, 6.45) is 0. The Bertz CT molecular complexity index is 1650. The molecule has 0 saturated carbocycles. The predicted octanol–water partition coefficient (Wildman–Crippen LogP) is 5.48. The third-order valence-corrected chi connectivity index (χ3v) is 7.95. The van der Waals surface area contributed by atoms with E-state index in [-0.39, 0.29) is 17.2 Å². The SMILES string of the molecule is CCOC(=O)c1ccc2nc(NC(=O)CSc3nc4scc(-c5ccc(C)cc5)c4c(=O)[nH]3)sc2c1. The number of thioether (sulfide) groups is 1. The minimum Gasteiger partial charge on any atom is -0.462 e. The summed E-state index contributed by atoms with van der Waals surface area (Å²) >= 11 is 3.82. The molecule has 0 radical (unpaired) electrons. The van der Waals surface area contributed by atoms with Crippen molar-refractivity contribution in [3.05, 3.63) is 69.3 Å². The molecule has 182 valence electrons. The Morgan fingerprint density at radius 3 is 2.72 bits per heavy atom. The van der Waals surface area contributed by atoms with Gasteiger partial charge in [0.1, 0.15) is 4.83 Å². The summed E-state index contributed by atoms with van der Waals surface area (Å²) in [7, 11) is 0. The largest absolute Gasteiger partial charge is 0.462 e.